The van der Waals surface area contributed by atoms with Crippen molar-refractivity contribution in [1.82, 2.24) is 14.5 Å². The maximum atomic E-state index is 6.51. The zero-order chi connectivity index (χ0) is 27.3. The summed E-state index contributed by atoms with van der Waals surface area (Å²) in [5.74, 6) is 0.671. The molecule has 194 valence electrons. The fourth-order valence-corrected chi connectivity index (χ4v) is 6.89. The number of para-hydroxylation sites is 2. The Labute approximate surface area is 236 Å². The van der Waals surface area contributed by atoms with Gasteiger partial charge in [0.1, 0.15) is 11.2 Å². The average molecular weight is 528 g/mol. The van der Waals surface area contributed by atoms with Crippen molar-refractivity contribution in [1.29, 1.82) is 0 Å². The molecule has 1 aliphatic rings. The Morgan fingerprint density at radius 2 is 1.37 bits per heavy atom. The molecule has 1 aliphatic carbocycles. The Morgan fingerprint density at radius 3 is 2.24 bits per heavy atom. The molecule has 0 spiro atoms. The van der Waals surface area contributed by atoms with Crippen molar-refractivity contribution in [2.45, 2.75) is 19.3 Å². The van der Waals surface area contributed by atoms with E-state index < -0.39 is 0 Å². The van der Waals surface area contributed by atoms with Crippen LogP contribution in [0.15, 0.2) is 120 Å². The largest absolute Gasteiger partial charge is 0.455 e. The summed E-state index contributed by atoms with van der Waals surface area (Å²) in [5, 5.41) is 4.45. The van der Waals surface area contributed by atoms with Crippen molar-refractivity contribution in [3.8, 4) is 28.3 Å². The van der Waals surface area contributed by atoms with Gasteiger partial charge in [0, 0.05) is 32.7 Å². The van der Waals surface area contributed by atoms with Crippen LogP contribution in [-0.4, -0.2) is 14.5 Å². The third-order valence-electron chi connectivity index (χ3n) is 8.79. The van der Waals surface area contributed by atoms with Gasteiger partial charge in [-0.25, -0.2) is 9.97 Å². The Hall–Kier alpha value is -5.22. The Balaban J connectivity index is 1.43. The molecule has 0 saturated carbocycles. The second-order valence-corrected chi connectivity index (χ2v) is 11.4. The molecule has 9 rings (SSSR count). The van der Waals surface area contributed by atoms with Gasteiger partial charge in [-0.05, 0) is 35.4 Å². The highest BCUT2D eigenvalue weighted by Crippen LogP contribution is 2.51. The topological polar surface area (TPSA) is 43.9 Å². The SMILES string of the molecule is CC1(C)c2ccccc2-c2c(-c3ccccc3)nc(-n3c4ccccc4c4c5oc6ccccc6c5ccc43)nc21. The molecule has 0 unspecified atom stereocenters. The van der Waals surface area contributed by atoms with Gasteiger partial charge in [0.05, 0.1) is 27.8 Å². The first kappa shape index (κ1) is 22.6. The molecule has 0 bridgehead atoms. The van der Waals surface area contributed by atoms with E-state index in [4.69, 9.17) is 14.4 Å². The standard InChI is InChI=1S/C37H25N3O/c1-37(2)27-17-9-6-15-25(27)32-33(22-12-4-3-5-13-22)38-36(39-35(32)37)40-28-18-10-7-16-26(28)31-29(40)21-20-24-23-14-8-11-19-30(23)41-34(24)31/h3-21H,1-2H3. The molecule has 5 aromatic carbocycles. The Kier molecular flexibility index (Phi) is 4.36. The first-order valence-corrected chi connectivity index (χ1v) is 14.0. The molecule has 41 heavy (non-hydrogen) atoms. The summed E-state index contributed by atoms with van der Waals surface area (Å²) in [6.07, 6.45) is 0. The molecule has 4 nitrogen and oxygen atoms in total. The van der Waals surface area contributed by atoms with Crippen LogP contribution in [0.2, 0.25) is 0 Å². The lowest BCUT2D eigenvalue weighted by Crippen LogP contribution is -2.18. The number of aromatic nitrogens is 3. The van der Waals surface area contributed by atoms with Gasteiger partial charge >= 0.3 is 0 Å². The Bertz CT molecular complexity index is 2340. The number of rotatable bonds is 2. The predicted octanol–water partition coefficient (Wildman–Crippen LogP) is 9.45. The van der Waals surface area contributed by atoms with Crippen LogP contribution in [0.3, 0.4) is 0 Å². The minimum Gasteiger partial charge on any atom is -0.455 e. The second kappa shape index (κ2) is 7.92. The number of nitrogens with zero attached hydrogens (tertiary/aromatic N) is 3. The third kappa shape index (κ3) is 2.94. The summed E-state index contributed by atoms with van der Waals surface area (Å²) in [6.45, 7) is 4.54. The van der Waals surface area contributed by atoms with Crippen molar-refractivity contribution in [3.63, 3.8) is 0 Å². The van der Waals surface area contributed by atoms with Gasteiger partial charge in [-0.1, -0.05) is 105 Å². The van der Waals surface area contributed by atoms with E-state index in [1.54, 1.807) is 0 Å². The number of hydrogen-bond acceptors (Lipinski definition) is 3. The first-order chi connectivity index (χ1) is 20.1. The van der Waals surface area contributed by atoms with Crippen molar-refractivity contribution in [3.05, 3.63) is 127 Å². The van der Waals surface area contributed by atoms with Gasteiger partial charge in [-0.3, -0.25) is 4.57 Å². The zero-order valence-electron chi connectivity index (χ0n) is 22.7. The molecule has 4 heteroatoms. The highest BCUT2D eigenvalue weighted by Gasteiger charge is 2.40. The monoisotopic (exact) mass is 527 g/mol. The van der Waals surface area contributed by atoms with E-state index in [1.807, 2.05) is 12.1 Å². The maximum Gasteiger partial charge on any atom is 0.235 e. The van der Waals surface area contributed by atoms with Gasteiger partial charge in [-0.15, -0.1) is 0 Å². The normalized spacial score (nSPS) is 13.8. The van der Waals surface area contributed by atoms with E-state index in [2.05, 4.69) is 122 Å². The molecule has 0 N–H and O–H groups in total. The molecule has 8 aromatic rings. The molecule has 0 radical (unpaired) electrons. The smallest absolute Gasteiger partial charge is 0.235 e. The quantitative estimate of drug-likeness (QED) is 0.225. The summed E-state index contributed by atoms with van der Waals surface area (Å²) in [7, 11) is 0. The third-order valence-corrected chi connectivity index (χ3v) is 8.79. The summed E-state index contributed by atoms with van der Waals surface area (Å²) >= 11 is 0. The summed E-state index contributed by atoms with van der Waals surface area (Å²) in [6, 6.07) is 40.3. The predicted molar refractivity (Wildman–Crippen MR) is 167 cm³/mol. The molecule has 0 aliphatic heterocycles. The lowest BCUT2D eigenvalue weighted by molar-refractivity contribution is 0.632. The van der Waals surface area contributed by atoms with Crippen LogP contribution in [0.5, 0.6) is 0 Å². The van der Waals surface area contributed by atoms with E-state index >= 15 is 0 Å². The van der Waals surface area contributed by atoms with Crippen LogP contribution < -0.4 is 0 Å². The minimum absolute atomic E-state index is 0.266. The molecule has 3 aromatic heterocycles. The number of fused-ring (bicyclic) bond motifs is 10. The maximum absolute atomic E-state index is 6.51. The van der Waals surface area contributed by atoms with Gasteiger partial charge < -0.3 is 4.42 Å². The minimum atomic E-state index is -0.266. The molecule has 0 atom stereocenters. The first-order valence-electron chi connectivity index (χ1n) is 14.0. The van der Waals surface area contributed by atoms with E-state index in [0.717, 1.165) is 66.3 Å². The average Bonchev–Trinajstić information content (AvgIpc) is 3.63. The highest BCUT2D eigenvalue weighted by atomic mass is 16.3. The molecular weight excluding hydrogens is 502 g/mol. The number of hydrogen-bond donors (Lipinski definition) is 0. The van der Waals surface area contributed by atoms with Gasteiger partial charge in [0.2, 0.25) is 5.95 Å². The van der Waals surface area contributed by atoms with E-state index in [1.165, 1.54) is 11.1 Å². The van der Waals surface area contributed by atoms with Gasteiger partial charge in [0.15, 0.2) is 0 Å². The summed E-state index contributed by atoms with van der Waals surface area (Å²) < 4.78 is 8.72. The molecule has 3 heterocycles. The fraction of sp³-hybridized carbons (Fsp3) is 0.0811. The number of benzene rings is 5. The van der Waals surface area contributed by atoms with Crippen molar-refractivity contribution < 1.29 is 4.42 Å². The van der Waals surface area contributed by atoms with Crippen LogP contribution >= 0.6 is 0 Å². The van der Waals surface area contributed by atoms with Crippen LogP contribution in [-0.2, 0) is 5.41 Å². The molecular formula is C37H25N3O. The van der Waals surface area contributed by atoms with Crippen LogP contribution in [0, 0.1) is 0 Å². The van der Waals surface area contributed by atoms with Crippen LogP contribution in [0.4, 0.5) is 0 Å². The van der Waals surface area contributed by atoms with Crippen LogP contribution in [0.25, 0.3) is 72.1 Å². The van der Waals surface area contributed by atoms with E-state index in [9.17, 15) is 0 Å². The van der Waals surface area contributed by atoms with E-state index in [0.29, 0.717) is 5.95 Å². The molecule has 0 amide bonds. The number of furan rings is 1. The second-order valence-electron chi connectivity index (χ2n) is 11.4. The summed E-state index contributed by atoms with van der Waals surface area (Å²) in [4.78, 5) is 10.8. The lowest BCUT2D eigenvalue weighted by Gasteiger charge is -2.21. The van der Waals surface area contributed by atoms with Crippen molar-refractivity contribution in [2.24, 2.45) is 0 Å². The van der Waals surface area contributed by atoms with Crippen molar-refractivity contribution >= 4 is 43.7 Å². The summed E-state index contributed by atoms with van der Waals surface area (Å²) in [5.41, 5.74) is 10.3. The molecule has 0 saturated heterocycles. The Morgan fingerprint density at radius 1 is 0.634 bits per heavy atom. The lowest BCUT2D eigenvalue weighted by atomic mass is 9.85. The fourth-order valence-electron chi connectivity index (χ4n) is 6.89. The van der Waals surface area contributed by atoms with Gasteiger partial charge in [-0.2, -0.15) is 0 Å². The van der Waals surface area contributed by atoms with E-state index in [-0.39, 0.29) is 5.41 Å². The van der Waals surface area contributed by atoms with Gasteiger partial charge in [0.25, 0.3) is 0 Å². The van der Waals surface area contributed by atoms with Crippen LogP contribution in [0.1, 0.15) is 25.1 Å². The zero-order valence-corrected chi connectivity index (χ0v) is 22.7. The molecule has 0 fully saturated rings. The highest BCUT2D eigenvalue weighted by molar-refractivity contribution is 6.23. The van der Waals surface area contributed by atoms with Crippen molar-refractivity contribution in [2.75, 3.05) is 0 Å².